The van der Waals surface area contributed by atoms with E-state index >= 15 is 0 Å². The maximum atomic E-state index is 12.4. The number of benzene rings is 1. The van der Waals surface area contributed by atoms with E-state index in [1.165, 1.54) is 5.56 Å². The van der Waals surface area contributed by atoms with Crippen molar-refractivity contribution in [1.82, 2.24) is 20.2 Å². The SMILES string of the molecule is CNC(=O)c1cnc2[nH]ccc2c1NC1CCN(Cc2ccc(OC)c(OC)c2)CC1. The van der Waals surface area contributed by atoms with E-state index in [1.54, 1.807) is 27.5 Å². The second-order valence-corrected chi connectivity index (χ2v) is 7.75. The normalized spacial score (nSPS) is 15.1. The number of anilines is 1. The minimum absolute atomic E-state index is 0.135. The number of hydrogen-bond acceptors (Lipinski definition) is 6. The highest BCUT2D eigenvalue weighted by molar-refractivity contribution is 6.06. The van der Waals surface area contributed by atoms with Gasteiger partial charge in [-0.1, -0.05) is 6.07 Å². The number of aromatic nitrogens is 2. The molecule has 0 atom stereocenters. The molecule has 0 spiro atoms. The summed E-state index contributed by atoms with van der Waals surface area (Å²) in [6, 6.07) is 8.34. The molecule has 3 aromatic rings. The minimum Gasteiger partial charge on any atom is -0.493 e. The zero-order valence-electron chi connectivity index (χ0n) is 18.2. The average Bonchev–Trinajstić information content (AvgIpc) is 3.29. The number of nitrogens with zero attached hydrogens (tertiary/aromatic N) is 2. The van der Waals surface area contributed by atoms with Crippen molar-refractivity contribution in [3.05, 3.63) is 47.8 Å². The largest absolute Gasteiger partial charge is 0.493 e. The zero-order chi connectivity index (χ0) is 21.8. The third-order valence-corrected chi connectivity index (χ3v) is 5.85. The monoisotopic (exact) mass is 423 g/mol. The highest BCUT2D eigenvalue weighted by Crippen LogP contribution is 2.30. The summed E-state index contributed by atoms with van der Waals surface area (Å²) in [5.41, 5.74) is 3.40. The van der Waals surface area contributed by atoms with Gasteiger partial charge >= 0.3 is 0 Å². The molecule has 31 heavy (non-hydrogen) atoms. The number of ether oxygens (including phenoxy) is 2. The fraction of sp³-hybridized carbons (Fsp3) is 0.391. The summed E-state index contributed by atoms with van der Waals surface area (Å²) in [6.45, 7) is 2.82. The number of amides is 1. The lowest BCUT2D eigenvalue weighted by molar-refractivity contribution is 0.0963. The molecule has 8 heteroatoms. The van der Waals surface area contributed by atoms with Gasteiger partial charge in [-0.25, -0.2) is 4.98 Å². The first kappa shape index (κ1) is 21.0. The van der Waals surface area contributed by atoms with Gasteiger partial charge in [-0.2, -0.15) is 0 Å². The molecule has 1 aromatic carbocycles. The van der Waals surface area contributed by atoms with Crippen molar-refractivity contribution in [3.63, 3.8) is 0 Å². The first-order valence-electron chi connectivity index (χ1n) is 10.5. The van der Waals surface area contributed by atoms with Crippen LogP contribution in [0.4, 0.5) is 5.69 Å². The van der Waals surface area contributed by atoms with E-state index in [9.17, 15) is 4.79 Å². The molecule has 1 aliphatic heterocycles. The summed E-state index contributed by atoms with van der Waals surface area (Å²) in [4.78, 5) is 22.3. The van der Waals surface area contributed by atoms with E-state index in [-0.39, 0.29) is 5.91 Å². The Morgan fingerprint density at radius 3 is 2.68 bits per heavy atom. The Labute approximate surface area is 181 Å². The summed E-state index contributed by atoms with van der Waals surface area (Å²) in [7, 11) is 4.95. The van der Waals surface area contributed by atoms with E-state index in [4.69, 9.17) is 9.47 Å². The molecule has 1 amide bonds. The predicted molar refractivity (Wildman–Crippen MR) is 121 cm³/mol. The Morgan fingerprint density at radius 1 is 1.19 bits per heavy atom. The number of carbonyl (C=O) groups excluding carboxylic acids is 1. The van der Waals surface area contributed by atoms with Crippen molar-refractivity contribution in [2.45, 2.75) is 25.4 Å². The lowest BCUT2D eigenvalue weighted by atomic mass is 10.0. The van der Waals surface area contributed by atoms with Crippen LogP contribution in [0.3, 0.4) is 0 Å². The quantitative estimate of drug-likeness (QED) is 0.541. The maximum absolute atomic E-state index is 12.4. The number of pyridine rings is 1. The number of piperidine rings is 1. The number of likely N-dealkylation sites (tertiary alicyclic amines) is 1. The molecule has 0 radical (unpaired) electrons. The van der Waals surface area contributed by atoms with Gasteiger partial charge in [0.05, 0.1) is 25.5 Å². The van der Waals surface area contributed by atoms with Crippen LogP contribution >= 0.6 is 0 Å². The Hall–Kier alpha value is -3.26. The van der Waals surface area contributed by atoms with Crippen LogP contribution in [0.15, 0.2) is 36.7 Å². The fourth-order valence-corrected chi connectivity index (χ4v) is 4.15. The number of fused-ring (bicyclic) bond motifs is 1. The number of methoxy groups -OCH3 is 2. The summed E-state index contributed by atoms with van der Waals surface area (Å²) in [5.74, 6) is 1.37. The van der Waals surface area contributed by atoms with Crippen LogP contribution < -0.4 is 20.1 Å². The number of rotatable bonds is 7. The van der Waals surface area contributed by atoms with Crippen LogP contribution in [0, 0.1) is 0 Å². The number of nitrogens with one attached hydrogen (secondary N) is 3. The molecule has 3 heterocycles. The molecule has 1 aliphatic rings. The summed E-state index contributed by atoms with van der Waals surface area (Å²) >= 11 is 0. The second-order valence-electron chi connectivity index (χ2n) is 7.75. The summed E-state index contributed by atoms with van der Waals surface area (Å²) in [5, 5.41) is 7.28. The highest BCUT2D eigenvalue weighted by Gasteiger charge is 2.23. The van der Waals surface area contributed by atoms with Crippen LogP contribution in [-0.4, -0.2) is 61.2 Å². The Balaban J connectivity index is 1.42. The van der Waals surface area contributed by atoms with E-state index in [0.717, 1.165) is 60.7 Å². The topological polar surface area (TPSA) is 91.5 Å². The van der Waals surface area contributed by atoms with Crippen LogP contribution in [0.25, 0.3) is 11.0 Å². The smallest absolute Gasteiger partial charge is 0.254 e. The molecular formula is C23H29N5O3. The van der Waals surface area contributed by atoms with Gasteiger partial charge < -0.3 is 25.1 Å². The van der Waals surface area contributed by atoms with Gasteiger partial charge in [0.25, 0.3) is 5.91 Å². The number of aromatic amines is 1. The van der Waals surface area contributed by atoms with Gasteiger partial charge in [0.1, 0.15) is 5.65 Å². The van der Waals surface area contributed by atoms with E-state index in [0.29, 0.717) is 11.6 Å². The van der Waals surface area contributed by atoms with Gasteiger partial charge in [-0.3, -0.25) is 9.69 Å². The Bertz CT molecular complexity index is 1060. The van der Waals surface area contributed by atoms with Gasteiger partial charge in [-0.15, -0.1) is 0 Å². The van der Waals surface area contributed by atoms with Gasteiger partial charge in [-0.05, 0) is 36.6 Å². The molecular weight excluding hydrogens is 394 g/mol. The van der Waals surface area contributed by atoms with Crippen molar-refractivity contribution in [1.29, 1.82) is 0 Å². The van der Waals surface area contributed by atoms with Crippen LogP contribution in [0.5, 0.6) is 11.5 Å². The molecule has 0 aliphatic carbocycles. The summed E-state index contributed by atoms with van der Waals surface area (Å²) in [6.07, 6.45) is 5.47. The van der Waals surface area contributed by atoms with Crippen LogP contribution in [-0.2, 0) is 6.54 Å². The molecule has 3 N–H and O–H groups in total. The van der Waals surface area contributed by atoms with E-state index < -0.39 is 0 Å². The van der Waals surface area contributed by atoms with Gasteiger partial charge in [0.2, 0.25) is 0 Å². The molecule has 0 bridgehead atoms. The van der Waals surface area contributed by atoms with Crippen molar-refractivity contribution < 1.29 is 14.3 Å². The lowest BCUT2D eigenvalue weighted by Gasteiger charge is -2.33. The zero-order valence-corrected chi connectivity index (χ0v) is 18.2. The van der Waals surface area contributed by atoms with E-state index in [2.05, 4.69) is 31.6 Å². The van der Waals surface area contributed by atoms with Crippen molar-refractivity contribution in [3.8, 4) is 11.5 Å². The third-order valence-electron chi connectivity index (χ3n) is 5.85. The number of H-pyrrole nitrogens is 1. The molecule has 0 unspecified atom stereocenters. The average molecular weight is 424 g/mol. The Morgan fingerprint density at radius 2 is 1.97 bits per heavy atom. The number of carbonyl (C=O) groups is 1. The first-order chi connectivity index (χ1) is 15.1. The standard InChI is InChI=1S/C23H29N5O3/c1-24-23(29)18-13-26-22-17(6-9-25-22)21(18)27-16-7-10-28(11-8-16)14-15-4-5-19(30-2)20(12-15)31-3/h4-6,9,12-13,16H,7-8,10-11,14H2,1-3H3,(H,24,29)(H2,25,26,27). The second kappa shape index (κ2) is 9.26. The van der Waals surface area contributed by atoms with Gasteiger partial charge in [0.15, 0.2) is 11.5 Å². The fourth-order valence-electron chi connectivity index (χ4n) is 4.15. The summed E-state index contributed by atoms with van der Waals surface area (Å²) < 4.78 is 10.8. The van der Waals surface area contributed by atoms with Crippen LogP contribution in [0.2, 0.25) is 0 Å². The van der Waals surface area contributed by atoms with Crippen molar-refractivity contribution >= 4 is 22.6 Å². The molecule has 1 saturated heterocycles. The van der Waals surface area contributed by atoms with E-state index in [1.807, 2.05) is 24.4 Å². The highest BCUT2D eigenvalue weighted by atomic mass is 16.5. The first-order valence-corrected chi connectivity index (χ1v) is 10.5. The molecule has 1 fully saturated rings. The third kappa shape index (κ3) is 4.44. The van der Waals surface area contributed by atoms with Gasteiger partial charge in [0, 0.05) is 50.5 Å². The lowest BCUT2D eigenvalue weighted by Crippen LogP contribution is -2.39. The molecule has 4 rings (SSSR count). The maximum Gasteiger partial charge on any atom is 0.254 e. The molecule has 2 aromatic heterocycles. The molecule has 8 nitrogen and oxygen atoms in total. The van der Waals surface area contributed by atoms with Crippen LogP contribution in [0.1, 0.15) is 28.8 Å². The Kier molecular flexibility index (Phi) is 6.27. The minimum atomic E-state index is -0.135. The molecule has 164 valence electrons. The number of hydrogen-bond donors (Lipinski definition) is 3. The van der Waals surface area contributed by atoms with Crippen molar-refractivity contribution in [2.24, 2.45) is 0 Å². The molecule has 0 saturated carbocycles. The predicted octanol–water partition coefficient (Wildman–Crippen LogP) is 3.02. The van der Waals surface area contributed by atoms with Crippen molar-refractivity contribution in [2.75, 3.05) is 39.7 Å².